The molecular formula is C16H26N2O2. The fourth-order valence-electron chi connectivity index (χ4n) is 2.66. The highest BCUT2D eigenvalue weighted by Crippen LogP contribution is 2.28. The van der Waals surface area contributed by atoms with Gasteiger partial charge in [-0.1, -0.05) is 19.1 Å². The molecule has 0 amide bonds. The average Bonchev–Trinajstić information content (AvgIpc) is 2.52. The summed E-state index contributed by atoms with van der Waals surface area (Å²) in [5.41, 5.74) is 4.15. The van der Waals surface area contributed by atoms with Crippen molar-refractivity contribution in [3.8, 4) is 5.75 Å². The van der Waals surface area contributed by atoms with Crippen LogP contribution in [0.25, 0.3) is 0 Å². The number of hydrazine groups is 1. The second-order valence-corrected chi connectivity index (χ2v) is 5.43. The van der Waals surface area contributed by atoms with Crippen LogP contribution in [-0.2, 0) is 4.74 Å². The zero-order chi connectivity index (χ0) is 14.2. The maximum atomic E-state index is 5.75. The van der Waals surface area contributed by atoms with Crippen LogP contribution in [0.3, 0.4) is 0 Å². The van der Waals surface area contributed by atoms with Crippen LogP contribution in [0.5, 0.6) is 5.75 Å². The van der Waals surface area contributed by atoms with Crippen LogP contribution in [0, 0.1) is 5.92 Å². The summed E-state index contributed by atoms with van der Waals surface area (Å²) in [6.07, 6.45) is 4.33. The fraction of sp³-hybridized carbons (Fsp3) is 0.625. The Hall–Kier alpha value is -1.10. The van der Waals surface area contributed by atoms with Gasteiger partial charge in [-0.05, 0) is 49.3 Å². The molecule has 0 aromatic heterocycles. The molecule has 1 aliphatic rings. The van der Waals surface area contributed by atoms with Gasteiger partial charge in [0.2, 0.25) is 0 Å². The van der Waals surface area contributed by atoms with Gasteiger partial charge in [-0.2, -0.15) is 0 Å². The summed E-state index contributed by atoms with van der Waals surface area (Å²) in [7, 11) is 0. The van der Waals surface area contributed by atoms with Crippen molar-refractivity contribution in [1.29, 1.82) is 0 Å². The van der Waals surface area contributed by atoms with Crippen LogP contribution < -0.4 is 16.0 Å². The molecule has 1 atom stereocenters. The van der Waals surface area contributed by atoms with Crippen molar-refractivity contribution in [2.75, 3.05) is 19.8 Å². The van der Waals surface area contributed by atoms with Crippen molar-refractivity contribution in [3.63, 3.8) is 0 Å². The largest absolute Gasteiger partial charge is 0.494 e. The number of rotatable bonds is 7. The molecule has 0 spiro atoms. The molecule has 0 saturated carbocycles. The van der Waals surface area contributed by atoms with E-state index in [0.29, 0.717) is 5.92 Å². The van der Waals surface area contributed by atoms with Crippen molar-refractivity contribution in [2.24, 2.45) is 11.8 Å². The molecule has 2 rings (SSSR count). The Kier molecular flexibility index (Phi) is 6.30. The molecule has 4 heteroatoms. The summed E-state index contributed by atoms with van der Waals surface area (Å²) in [5, 5.41) is 0. The maximum Gasteiger partial charge on any atom is 0.119 e. The highest BCUT2D eigenvalue weighted by atomic mass is 16.5. The number of hydrogen-bond donors (Lipinski definition) is 2. The van der Waals surface area contributed by atoms with E-state index in [2.05, 4.69) is 24.5 Å². The number of benzene rings is 1. The zero-order valence-corrected chi connectivity index (χ0v) is 12.3. The summed E-state index contributed by atoms with van der Waals surface area (Å²) >= 11 is 0. The van der Waals surface area contributed by atoms with E-state index in [4.69, 9.17) is 15.3 Å². The molecule has 112 valence electrons. The Bertz CT molecular complexity index is 392. The lowest BCUT2D eigenvalue weighted by Crippen LogP contribution is -2.31. The molecular weight excluding hydrogens is 252 g/mol. The molecule has 1 heterocycles. The van der Waals surface area contributed by atoms with E-state index in [1.807, 2.05) is 12.1 Å². The van der Waals surface area contributed by atoms with Gasteiger partial charge in [0.25, 0.3) is 0 Å². The van der Waals surface area contributed by atoms with E-state index in [1.54, 1.807) is 0 Å². The lowest BCUT2D eigenvalue weighted by molar-refractivity contribution is 0.0605. The van der Waals surface area contributed by atoms with Crippen LogP contribution in [0.4, 0.5) is 0 Å². The number of hydrogen-bond acceptors (Lipinski definition) is 4. The van der Waals surface area contributed by atoms with Crippen molar-refractivity contribution >= 4 is 0 Å². The second-order valence-electron chi connectivity index (χ2n) is 5.43. The molecule has 1 unspecified atom stereocenters. The third-order valence-electron chi connectivity index (χ3n) is 3.84. The minimum absolute atomic E-state index is 0.184. The van der Waals surface area contributed by atoms with Crippen LogP contribution in [0.2, 0.25) is 0 Å². The first-order chi connectivity index (χ1) is 9.83. The van der Waals surface area contributed by atoms with Crippen LogP contribution in [0.1, 0.15) is 44.2 Å². The number of nitrogens with one attached hydrogen (secondary N) is 1. The van der Waals surface area contributed by atoms with E-state index in [1.165, 1.54) is 5.56 Å². The number of nitrogens with two attached hydrogens (primary N) is 1. The molecule has 0 aliphatic carbocycles. The van der Waals surface area contributed by atoms with Gasteiger partial charge in [-0.3, -0.25) is 11.3 Å². The first-order valence-corrected chi connectivity index (χ1v) is 7.60. The normalized spacial score (nSPS) is 17.9. The highest BCUT2D eigenvalue weighted by molar-refractivity contribution is 5.30. The summed E-state index contributed by atoms with van der Waals surface area (Å²) in [6.45, 7) is 4.62. The molecule has 1 saturated heterocycles. The molecule has 1 fully saturated rings. The van der Waals surface area contributed by atoms with E-state index >= 15 is 0 Å². The van der Waals surface area contributed by atoms with Crippen molar-refractivity contribution in [1.82, 2.24) is 5.43 Å². The van der Waals surface area contributed by atoms with E-state index in [-0.39, 0.29) is 6.04 Å². The lowest BCUT2D eigenvalue weighted by atomic mass is 9.90. The maximum absolute atomic E-state index is 5.75. The van der Waals surface area contributed by atoms with Crippen LogP contribution in [0.15, 0.2) is 24.3 Å². The first-order valence-electron chi connectivity index (χ1n) is 7.60. The van der Waals surface area contributed by atoms with E-state index in [9.17, 15) is 0 Å². The summed E-state index contributed by atoms with van der Waals surface area (Å²) in [5.74, 6) is 7.36. The van der Waals surface area contributed by atoms with Crippen LogP contribution >= 0.6 is 0 Å². The molecule has 0 radical (unpaired) electrons. The van der Waals surface area contributed by atoms with Crippen molar-refractivity contribution in [2.45, 2.75) is 38.6 Å². The van der Waals surface area contributed by atoms with Gasteiger partial charge in [0.15, 0.2) is 0 Å². The van der Waals surface area contributed by atoms with Gasteiger partial charge < -0.3 is 9.47 Å². The third-order valence-corrected chi connectivity index (χ3v) is 3.84. The third kappa shape index (κ3) is 4.47. The topological polar surface area (TPSA) is 56.5 Å². The van der Waals surface area contributed by atoms with E-state index in [0.717, 1.165) is 51.3 Å². The minimum atomic E-state index is 0.184. The Morgan fingerprint density at radius 2 is 2.20 bits per heavy atom. The average molecular weight is 278 g/mol. The summed E-state index contributed by atoms with van der Waals surface area (Å²) < 4.78 is 11.1. The Labute approximate surface area is 121 Å². The highest BCUT2D eigenvalue weighted by Gasteiger charge is 2.20. The van der Waals surface area contributed by atoms with Crippen LogP contribution in [-0.4, -0.2) is 19.8 Å². The van der Waals surface area contributed by atoms with Crippen molar-refractivity contribution in [3.05, 3.63) is 29.8 Å². The standard InChI is InChI=1S/C16H26N2O2/c1-2-8-20-15-5-3-4-14(12-15)16(18-17)11-13-6-9-19-10-7-13/h3-5,12-13,16,18H,2,6-11,17H2,1H3. The number of ether oxygens (including phenoxy) is 2. The first kappa shape index (κ1) is 15.3. The summed E-state index contributed by atoms with van der Waals surface area (Å²) in [6, 6.07) is 8.43. The quantitative estimate of drug-likeness (QED) is 0.595. The van der Waals surface area contributed by atoms with Gasteiger partial charge in [-0.15, -0.1) is 0 Å². The molecule has 0 bridgehead atoms. The van der Waals surface area contributed by atoms with Gasteiger partial charge in [0.1, 0.15) is 5.75 Å². The van der Waals surface area contributed by atoms with Gasteiger partial charge in [0, 0.05) is 19.3 Å². The zero-order valence-electron chi connectivity index (χ0n) is 12.3. The Balaban J connectivity index is 1.98. The Morgan fingerprint density at radius 1 is 1.40 bits per heavy atom. The Morgan fingerprint density at radius 3 is 2.90 bits per heavy atom. The molecule has 20 heavy (non-hydrogen) atoms. The van der Waals surface area contributed by atoms with Crippen molar-refractivity contribution < 1.29 is 9.47 Å². The molecule has 4 nitrogen and oxygen atoms in total. The monoisotopic (exact) mass is 278 g/mol. The predicted molar refractivity (Wildman–Crippen MR) is 80.5 cm³/mol. The molecule has 3 N–H and O–H groups in total. The fourth-order valence-corrected chi connectivity index (χ4v) is 2.66. The predicted octanol–water partition coefficient (Wildman–Crippen LogP) is 2.80. The second kappa shape index (κ2) is 8.25. The van der Waals surface area contributed by atoms with Gasteiger partial charge in [-0.25, -0.2) is 0 Å². The molecule has 1 aliphatic heterocycles. The lowest BCUT2D eigenvalue weighted by Gasteiger charge is -2.26. The smallest absolute Gasteiger partial charge is 0.119 e. The van der Waals surface area contributed by atoms with Gasteiger partial charge >= 0.3 is 0 Å². The van der Waals surface area contributed by atoms with Gasteiger partial charge in [0.05, 0.1) is 6.61 Å². The molecule has 1 aromatic carbocycles. The van der Waals surface area contributed by atoms with E-state index < -0.39 is 0 Å². The summed E-state index contributed by atoms with van der Waals surface area (Å²) in [4.78, 5) is 0. The SMILES string of the molecule is CCCOc1cccc(C(CC2CCOCC2)NN)c1. The molecule has 1 aromatic rings. The minimum Gasteiger partial charge on any atom is -0.494 e.